The molecule has 31 heavy (non-hydrogen) atoms. The van der Waals surface area contributed by atoms with Crippen molar-refractivity contribution in [3.8, 4) is 0 Å². The van der Waals surface area contributed by atoms with Crippen LogP contribution in [0.25, 0.3) is 0 Å². The van der Waals surface area contributed by atoms with Crippen LogP contribution in [-0.4, -0.2) is 42.4 Å². The maximum Gasteiger partial charge on any atom is 0.337 e. The van der Waals surface area contributed by atoms with Gasteiger partial charge in [-0.3, -0.25) is 9.59 Å². The molecule has 0 spiro atoms. The van der Waals surface area contributed by atoms with Gasteiger partial charge in [0, 0.05) is 25.9 Å². The molecule has 2 aromatic carbocycles. The summed E-state index contributed by atoms with van der Waals surface area (Å²) in [6, 6.07) is 14.6. The van der Waals surface area contributed by atoms with Crippen molar-refractivity contribution in [1.82, 2.24) is 10.2 Å². The molecule has 0 saturated heterocycles. The Labute approximate surface area is 183 Å². The number of hydrogen-bond acceptors (Lipinski definition) is 4. The Bertz CT molecular complexity index is 937. The minimum atomic E-state index is -0.497. The van der Waals surface area contributed by atoms with Gasteiger partial charge in [-0.1, -0.05) is 50.2 Å². The van der Waals surface area contributed by atoms with Crippen molar-refractivity contribution in [2.24, 2.45) is 5.92 Å². The van der Waals surface area contributed by atoms with E-state index in [2.05, 4.69) is 5.32 Å². The summed E-state index contributed by atoms with van der Waals surface area (Å²) in [5.41, 5.74) is 3.73. The summed E-state index contributed by atoms with van der Waals surface area (Å²) in [6.07, 6.45) is 1.59. The number of hydrogen-bond donors (Lipinski definition) is 1. The van der Waals surface area contributed by atoms with Crippen molar-refractivity contribution < 1.29 is 19.1 Å². The maximum absolute atomic E-state index is 13.0. The molecular weight excluding hydrogens is 392 g/mol. The van der Waals surface area contributed by atoms with E-state index in [1.54, 1.807) is 17.0 Å². The molecule has 6 nitrogen and oxygen atoms in total. The fraction of sp³-hybridized carbons (Fsp3) is 0.400. The molecular formula is C25H30N2O4. The molecule has 1 unspecified atom stereocenters. The first-order chi connectivity index (χ1) is 14.9. The van der Waals surface area contributed by atoms with Crippen molar-refractivity contribution >= 4 is 17.8 Å². The summed E-state index contributed by atoms with van der Waals surface area (Å²) in [5, 5.41) is 2.99. The number of fused-ring (bicyclic) bond motifs is 1. The topological polar surface area (TPSA) is 75.7 Å². The van der Waals surface area contributed by atoms with Gasteiger partial charge in [0.15, 0.2) is 0 Å². The molecule has 0 fully saturated rings. The van der Waals surface area contributed by atoms with E-state index in [9.17, 15) is 14.4 Å². The van der Waals surface area contributed by atoms with E-state index >= 15 is 0 Å². The third kappa shape index (κ3) is 5.72. The highest BCUT2D eigenvalue weighted by Gasteiger charge is 2.34. The molecule has 164 valence electrons. The van der Waals surface area contributed by atoms with Crippen LogP contribution >= 0.6 is 0 Å². The molecule has 1 atom stereocenters. The van der Waals surface area contributed by atoms with Crippen LogP contribution < -0.4 is 5.32 Å². The van der Waals surface area contributed by atoms with Crippen LogP contribution in [-0.2, 0) is 33.7 Å². The average Bonchev–Trinajstić information content (AvgIpc) is 2.77. The zero-order chi connectivity index (χ0) is 22.4. The molecule has 1 heterocycles. The quantitative estimate of drug-likeness (QED) is 0.696. The summed E-state index contributed by atoms with van der Waals surface area (Å²) < 4.78 is 4.71. The minimum Gasteiger partial charge on any atom is -0.465 e. The Balaban J connectivity index is 1.63. The summed E-state index contributed by atoms with van der Waals surface area (Å²) in [7, 11) is 1.35. The highest BCUT2D eigenvalue weighted by Crippen LogP contribution is 2.25. The Kier molecular flexibility index (Phi) is 7.45. The second kappa shape index (κ2) is 10.2. The lowest BCUT2D eigenvalue weighted by Gasteiger charge is -2.36. The van der Waals surface area contributed by atoms with Gasteiger partial charge in [0.25, 0.3) is 0 Å². The van der Waals surface area contributed by atoms with Gasteiger partial charge >= 0.3 is 5.97 Å². The van der Waals surface area contributed by atoms with Gasteiger partial charge in [-0.2, -0.15) is 0 Å². The molecule has 0 bridgehead atoms. The third-order valence-electron chi connectivity index (χ3n) is 5.54. The average molecular weight is 423 g/mol. The first-order valence-corrected chi connectivity index (χ1v) is 10.7. The Hall–Kier alpha value is -3.15. The number of benzene rings is 2. The van der Waals surface area contributed by atoms with E-state index in [-0.39, 0.29) is 23.7 Å². The van der Waals surface area contributed by atoms with Crippen LogP contribution in [0.3, 0.4) is 0 Å². The molecule has 2 amide bonds. The van der Waals surface area contributed by atoms with Gasteiger partial charge in [0.1, 0.15) is 6.04 Å². The van der Waals surface area contributed by atoms with Crippen molar-refractivity contribution in [2.45, 2.75) is 45.7 Å². The lowest BCUT2D eigenvalue weighted by molar-refractivity contribution is -0.142. The van der Waals surface area contributed by atoms with Crippen molar-refractivity contribution in [2.75, 3.05) is 13.7 Å². The summed E-state index contributed by atoms with van der Waals surface area (Å²) in [6.45, 7) is 4.95. The summed E-state index contributed by atoms with van der Waals surface area (Å²) >= 11 is 0. The molecule has 2 aromatic rings. The molecule has 0 saturated carbocycles. The van der Waals surface area contributed by atoms with Crippen LogP contribution in [0.1, 0.15) is 47.3 Å². The molecule has 3 rings (SSSR count). The van der Waals surface area contributed by atoms with E-state index in [1.807, 2.05) is 50.2 Å². The Morgan fingerprint density at radius 1 is 1.06 bits per heavy atom. The molecule has 0 aliphatic carbocycles. The number of carbonyl (C=O) groups is 3. The zero-order valence-corrected chi connectivity index (χ0v) is 18.4. The van der Waals surface area contributed by atoms with Gasteiger partial charge in [-0.25, -0.2) is 4.79 Å². The van der Waals surface area contributed by atoms with E-state index in [4.69, 9.17) is 4.74 Å². The minimum absolute atomic E-state index is 0.0167. The second-order valence-electron chi connectivity index (χ2n) is 8.34. The number of ether oxygens (including phenoxy) is 1. The first kappa shape index (κ1) is 22.5. The van der Waals surface area contributed by atoms with Crippen LogP contribution in [0.5, 0.6) is 0 Å². The fourth-order valence-electron chi connectivity index (χ4n) is 3.86. The number of carbonyl (C=O) groups excluding carboxylic acids is 3. The van der Waals surface area contributed by atoms with Gasteiger partial charge in [0.2, 0.25) is 11.8 Å². The number of nitrogens with one attached hydrogen (secondary N) is 1. The SMILES string of the molecule is COC(=O)c1ccc(CCNC(=O)C2Cc3ccccc3CN2C(=O)CC(C)C)cc1. The Morgan fingerprint density at radius 2 is 1.74 bits per heavy atom. The van der Waals surface area contributed by atoms with Crippen LogP contribution in [0.4, 0.5) is 0 Å². The van der Waals surface area contributed by atoms with E-state index in [0.717, 1.165) is 16.7 Å². The highest BCUT2D eigenvalue weighted by molar-refractivity contribution is 5.89. The molecule has 0 radical (unpaired) electrons. The molecule has 6 heteroatoms. The monoisotopic (exact) mass is 422 g/mol. The predicted molar refractivity (Wildman–Crippen MR) is 118 cm³/mol. The molecule has 1 N–H and O–H groups in total. The van der Waals surface area contributed by atoms with Gasteiger partial charge in [-0.05, 0) is 41.2 Å². The van der Waals surface area contributed by atoms with Crippen molar-refractivity contribution in [3.05, 3.63) is 70.8 Å². The standard InChI is InChI=1S/C25H30N2O4/c1-17(2)14-23(28)27-16-21-7-5-4-6-20(21)15-22(27)24(29)26-13-12-18-8-10-19(11-9-18)25(30)31-3/h4-11,17,22H,12-16H2,1-3H3,(H,26,29). The predicted octanol–water partition coefficient (Wildman–Crippen LogP) is 3.13. The number of esters is 1. The summed E-state index contributed by atoms with van der Waals surface area (Å²) in [4.78, 5) is 39.1. The normalized spacial score (nSPS) is 15.4. The zero-order valence-electron chi connectivity index (χ0n) is 18.4. The van der Waals surface area contributed by atoms with Crippen molar-refractivity contribution in [1.29, 1.82) is 0 Å². The highest BCUT2D eigenvalue weighted by atomic mass is 16.5. The maximum atomic E-state index is 13.0. The van der Waals surface area contributed by atoms with E-state index in [0.29, 0.717) is 37.9 Å². The van der Waals surface area contributed by atoms with Gasteiger partial charge < -0.3 is 15.0 Å². The number of rotatable bonds is 7. The largest absolute Gasteiger partial charge is 0.465 e. The first-order valence-electron chi connectivity index (χ1n) is 10.7. The van der Waals surface area contributed by atoms with E-state index < -0.39 is 6.04 Å². The molecule has 1 aliphatic rings. The smallest absolute Gasteiger partial charge is 0.337 e. The molecule has 1 aliphatic heterocycles. The van der Waals surface area contributed by atoms with Crippen molar-refractivity contribution in [3.63, 3.8) is 0 Å². The van der Waals surface area contributed by atoms with Crippen LogP contribution in [0.15, 0.2) is 48.5 Å². The van der Waals surface area contributed by atoms with Gasteiger partial charge in [-0.15, -0.1) is 0 Å². The number of nitrogens with zero attached hydrogens (tertiary/aromatic N) is 1. The summed E-state index contributed by atoms with van der Waals surface area (Å²) in [5.74, 6) is -0.245. The second-order valence-corrected chi connectivity index (χ2v) is 8.34. The van der Waals surface area contributed by atoms with Gasteiger partial charge in [0.05, 0.1) is 12.7 Å². The van der Waals surface area contributed by atoms with Crippen LogP contribution in [0.2, 0.25) is 0 Å². The lowest BCUT2D eigenvalue weighted by atomic mass is 9.92. The fourth-order valence-corrected chi connectivity index (χ4v) is 3.86. The Morgan fingerprint density at radius 3 is 2.39 bits per heavy atom. The van der Waals surface area contributed by atoms with Crippen LogP contribution in [0, 0.1) is 5.92 Å². The lowest BCUT2D eigenvalue weighted by Crippen LogP contribution is -2.53. The number of amides is 2. The number of methoxy groups -OCH3 is 1. The third-order valence-corrected chi connectivity index (χ3v) is 5.54. The van der Waals surface area contributed by atoms with E-state index in [1.165, 1.54) is 7.11 Å². The molecule has 0 aromatic heterocycles.